The second-order valence-electron chi connectivity index (χ2n) is 4.50. The Morgan fingerprint density at radius 3 is 2.91 bits per heavy atom. The van der Waals surface area contributed by atoms with Gasteiger partial charge in [-0.15, -0.1) is 11.3 Å². The molecule has 0 aliphatic rings. The van der Waals surface area contributed by atoms with Crippen LogP contribution in [0.15, 0.2) is 46.8 Å². The number of thiazole rings is 1. The molecule has 0 aliphatic heterocycles. The third kappa shape index (κ3) is 3.13. The molecule has 0 saturated carbocycles. The topological polar surface area (TPSA) is 39.2 Å². The van der Waals surface area contributed by atoms with Crippen molar-refractivity contribution in [1.29, 1.82) is 0 Å². The smallest absolute Gasteiger partial charge is 0.176 e. The molecule has 0 fully saturated rings. The molecule has 0 unspecified atom stereocenters. The van der Waals surface area contributed by atoms with Crippen molar-refractivity contribution < 1.29 is 13.9 Å². The van der Waals surface area contributed by atoms with Crippen molar-refractivity contribution in [2.45, 2.75) is 4.34 Å². The number of rotatable bonds is 5. The van der Waals surface area contributed by atoms with Crippen LogP contribution in [-0.2, 0) is 0 Å². The van der Waals surface area contributed by atoms with Crippen LogP contribution in [0.3, 0.4) is 0 Å². The molecule has 3 rings (SSSR count). The largest absolute Gasteiger partial charge is 0.496 e. The van der Waals surface area contributed by atoms with Crippen LogP contribution < -0.4 is 4.74 Å². The van der Waals surface area contributed by atoms with Gasteiger partial charge in [0.05, 0.1) is 28.6 Å². The maximum atomic E-state index is 13.3. The number of thioether (sulfide) groups is 1. The fraction of sp³-hybridized carbons (Fsp3) is 0.125. The van der Waals surface area contributed by atoms with Gasteiger partial charge in [-0.25, -0.2) is 9.37 Å². The van der Waals surface area contributed by atoms with Gasteiger partial charge in [-0.05, 0) is 30.3 Å². The number of carbonyl (C=O) groups excluding carboxylic acids is 1. The van der Waals surface area contributed by atoms with Crippen molar-refractivity contribution in [3.05, 3.63) is 53.8 Å². The molecule has 0 N–H and O–H groups in total. The first-order valence-corrected chi connectivity index (χ1v) is 8.32. The number of nitrogens with zero attached hydrogens (tertiary/aromatic N) is 1. The minimum atomic E-state index is -0.450. The summed E-state index contributed by atoms with van der Waals surface area (Å²) in [6.07, 6.45) is 0. The second kappa shape index (κ2) is 6.46. The van der Waals surface area contributed by atoms with Gasteiger partial charge in [0.25, 0.3) is 0 Å². The predicted octanol–water partition coefficient (Wildman–Crippen LogP) is 4.42. The minimum Gasteiger partial charge on any atom is -0.496 e. The van der Waals surface area contributed by atoms with E-state index in [0.717, 1.165) is 14.6 Å². The maximum Gasteiger partial charge on any atom is 0.176 e. The van der Waals surface area contributed by atoms with E-state index in [-0.39, 0.29) is 17.1 Å². The zero-order valence-electron chi connectivity index (χ0n) is 11.7. The lowest BCUT2D eigenvalue weighted by atomic mass is 10.1. The van der Waals surface area contributed by atoms with Gasteiger partial charge in [0.1, 0.15) is 11.6 Å². The van der Waals surface area contributed by atoms with Crippen molar-refractivity contribution in [2.24, 2.45) is 0 Å². The number of hydrogen-bond donors (Lipinski definition) is 0. The van der Waals surface area contributed by atoms with E-state index < -0.39 is 5.82 Å². The van der Waals surface area contributed by atoms with Crippen LogP contribution in [-0.4, -0.2) is 23.6 Å². The van der Waals surface area contributed by atoms with Crippen LogP contribution in [0, 0.1) is 5.82 Å². The van der Waals surface area contributed by atoms with Gasteiger partial charge in [0.2, 0.25) is 0 Å². The number of ketones is 1. The molecule has 0 bridgehead atoms. The summed E-state index contributed by atoms with van der Waals surface area (Å²) in [6.45, 7) is 0. The molecule has 112 valence electrons. The lowest BCUT2D eigenvalue weighted by Crippen LogP contribution is -2.05. The fourth-order valence-electron chi connectivity index (χ4n) is 2.02. The number of hydrogen-bond acceptors (Lipinski definition) is 5. The summed E-state index contributed by atoms with van der Waals surface area (Å²) in [5.41, 5.74) is 1.18. The predicted molar refractivity (Wildman–Crippen MR) is 87.6 cm³/mol. The van der Waals surface area contributed by atoms with Gasteiger partial charge in [-0.1, -0.05) is 23.9 Å². The van der Waals surface area contributed by atoms with Crippen LogP contribution in [0.1, 0.15) is 10.4 Å². The molecule has 1 heterocycles. The summed E-state index contributed by atoms with van der Waals surface area (Å²) in [7, 11) is 1.46. The van der Waals surface area contributed by atoms with Gasteiger partial charge in [-0.2, -0.15) is 0 Å². The van der Waals surface area contributed by atoms with E-state index in [1.807, 2.05) is 24.3 Å². The molecule has 0 atom stereocenters. The van der Waals surface area contributed by atoms with Crippen molar-refractivity contribution in [1.82, 2.24) is 4.98 Å². The Hall–Kier alpha value is -1.92. The van der Waals surface area contributed by atoms with Crippen LogP contribution in [0.5, 0.6) is 5.75 Å². The van der Waals surface area contributed by atoms with Crippen molar-refractivity contribution in [3.8, 4) is 5.75 Å². The van der Waals surface area contributed by atoms with E-state index in [1.54, 1.807) is 11.3 Å². The Morgan fingerprint density at radius 2 is 2.14 bits per heavy atom. The molecular weight excluding hydrogens is 321 g/mol. The number of ether oxygens (including phenoxy) is 1. The third-order valence-corrected chi connectivity index (χ3v) is 5.24. The fourth-order valence-corrected chi connectivity index (χ4v) is 3.97. The van der Waals surface area contributed by atoms with Gasteiger partial charge in [-0.3, -0.25) is 4.79 Å². The van der Waals surface area contributed by atoms with Crippen LogP contribution in [0.25, 0.3) is 10.2 Å². The summed E-state index contributed by atoms with van der Waals surface area (Å²) < 4.78 is 20.3. The number of aromatic nitrogens is 1. The number of benzene rings is 2. The Labute approximate surface area is 135 Å². The number of fused-ring (bicyclic) bond motifs is 1. The quantitative estimate of drug-likeness (QED) is 0.512. The summed E-state index contributed by atoms with van der Waals surface area (Å²) in [5, 5.41) is 0. The lowest BCUT2D eigenvalue weighted by molar-refractivity contribution is 0.101. The van der Waals surface area contributed by atoms with E-state index in [0.29, 0.717) is 5.75 Å². The monoisotopic (exact) mass is 333 g/mol. The van der Waals surface area contributed by atoms with Crippen molar-refractivity contribution >= 4 is 39.1 Å². The first kappa shape index (κ1) is 15.0. The van der Waals surface area contributed by atoms with E-state index in [4.69, 9.17) is 4.74 Å². The van der Waals surface area contributed by atoms with E-state index >= 15 is 0 Å². The highest BCUT2D eigenvalue weighted by molar-refractivity contribution is 8.01. The summed E-state index contributed by atoms with van der Waals surface area (Å²) in [4.78, 5) is 16.7. The molecule has 2 aromatic carbocycles. The third-order valence-electron chi connectivity index (χ3n) is 3.06. The standard InChI is InChI=1S/C16H12FNO2S2/c1-20-14-7-6-10(17)8-11(14)13(19)9-21-16-18-12-4-2-3-5-15(12)22-16/h2-8H,9H2,1H3. The molecule has 6 heteroatoms. The Balaban J connectivity index is 1.76. The highest BCUT2D eigenvalue weighted by Crippen LogP contribution is 2.30. The molecule has 3 nitrogen and oxygen atoms in total. The second-order valence-corrected chi connectivity index (χ2v) is 6.76. The molecule has 0 amide bonds. The maximum absolute atomic E-state index is 13.3. The lowest BCUT2D eigenvalue weighted by Gasteiger charge is -2.06. The van der Waals surface area contributed by atoms with Crippen molar-refractivity contribution in [3.63, 3.8) is 0 Å². The van der Waals surface area contributed by atoms with Gasteiger partial charge in [0.15, 0.2) is 10.1 Å². The summed E-state index contributed by atoms with van der Waals surface area (Å²) >= 11 is 2.90. The average Bonchev–Trinajstić information content (AvgIpc) is 2.95. The number of halogens is 1. The number of para-hydroxylation sites is 1. The average molecular weight is 333 g/mol. The minimum absolute atomic E-state index is 0.180. The molecule has 0 saturated heterocycles. The number of carbonyl (C=O) groups is 1. The highest BCUT2D eigenvalue weighted by Gasteiger charge is 2.15. The Bertz CT molecular complexity index is 799. The molecule has 3 aromatic rings. The Morgan fingerprint density at radius 1 is 1.32 bits per heavy atom. The van der Waals surface area contributed by atoms with Gasteiger partial charge in [0, 0.05) is 0 Å². The zero-order chi connectivity index (χ0) is 15.5. The van der Waals surface area contributed by atoms with Gasteiger partial charge < -0.3 is 4.74 Å². The molecule has 0 spiro atoms. The van der Waals surface area contributed by atoms with Crippen LogP contribution in [0.2, 0.25) is 0 Å². The molecule has 1 aromatic heterocycles. The molecular formula is C16H12FNO2S2. The summed E-state index contributed by atoms with van der Waals surface area (Å²) in [6, 6.07) is 11.8. The van der Waals surface area contributed by atoms with Crippen LogP contribution >= 0.6 is 23.1 Å². The first-order chi connectivity index (χ1) is 10.7. The molecule has 22 heavy (non-hydrogen) atoms. The molecule has 0 radical (unpaired) electrons. The van der Waals surface area contributed by atoms with Crippen molar-refractivity contribution in [2.75, 3.05) is 12.9 Å². The van der Waals surface area contributed by atoms with Crippen LogP contribution in [0.4, 0.5) is 4.39 Å². The zero-order valence-corrected chi connectivity index (χ0v) is 13.3. The SMILES string of the molecule is COc1ccc(F)cc1C(=O)CSc1nc2ccccc2s1. The highest BCUT2D eigenvalue weighted by atomic mass is 32.2. The van der Waals surface area contributed by atoms with E-state index in [9.17, 15) is 9.18 Å². The normalized spacial score (nSPS) is 10.8. The van der Waals surface area contributed by atoms with E-state index in [1.165, 1.54) is 37.1 Å². The molecule has 0 aliphatic carbocycles. The number of Topliss-reactive ketones (excluding diaryl/α,β-unsaturated/α-hetero) is 1. The van der Waals surface area contributed by atoms with Gasteiger partial charge >= 0.3 is 0 Å². The Kier molecular flexibility index (Phi) is 4.40. The van der Waals surface area contributed by atoms with E-state index in [2.05, 4.69) is 4.98 Å². The number of methoxy groups -OCH3 is 1. The first-order valence-electron chi connectivity index (χ1n) is 6.52. The summed E-state index contributed by atoms with van der Waals surface area (Å²) in [5.74, 6) is -0.0503.